The van der Waals surface area contributed by atoms with Crippen molar-refractivity contribution in [2.45, 2.75) is 26.7 Å². The summed E-state index contributed by atoms with van der Waals surface area (Å²) < 4.78 is 6.60. The fourth-order valence-corrected chi connectivity index (χ4v) is 3.88. The minimum Gasteiger partial charge on any atom is -0.494 e. The van der Waals surface area contributed by atoms with Crippen LogP contribution in [0.4, 0.5) is 5.13 Å². The van der Waals surface area contributed by atoms with Gasteiger partial charge < -0.3 is 4.74 Å². The van der Waals surface area contributed by atoms with E-state index in [4.69, 9.17) is 4.74 Å². The van der Waals surface area contributed by atoms with E-state index in [9.17, 15) is 4.79 Å². The van der Waals surface area contributed by atoms with Crippen LogP contribution < -0.4 is 10.1 Å². The highest BCUT2D eigenvalue weighted by molar-refractivity contribution is 9.10. The second-order valence-corrected chi connectivity index (χ2v) is 8.39. The monoisotopic (exact) mass is 470 g/mol. The van der Waals surface area contributed by atoms with Gasteiger partial charge in [-0.25, -0.2) is 4.98 Å². The standard InChI is InChI=1S/C23H23BrN2O2S/c1-3-15-28-19-12-5-16(6-13-19)7-14-21(27)25-23-26-22(20(4-2)29-23)17-8-10-18(24)11-9-17/h5-14H,3-4,15H2,1-2H3,(H,25,26,27)/b14-7+. The molecule has 1 N–H and O–H groups in total. The van der Waals surface area contributed by atoms with Crippen molar-refractivity contribution in [1.29, 1.82) is 0 Å². The number of nitrogens with one attached hydrogen (secondary N) is 1. The van der Waals surface area contributed by atoms with Gasteiger partial charge in [-0.15, -0.1) is 11.3 Å². The predicted octanol–water partition coefficient (Wildman–Crippen LogP) is 6.58. The van der Waals surface area contributed by atoms with E-state index < -0.39 is 0 Å². The molecule has 0 aliphatic heterocycles. The first-order valence-corrected chi connectivity index (χ1v) is 11.2. The van der Waals surface area contributed by atoms with Gasteiger partial charge in [-0.1, -0.05) is 54.0 Å². The Kier molecular flexibility index (Phi) is 7.61. The summed E-state index contributed by atoms with van der Waals surface area (Å²) in [6, 6.07) is 15.7. The molecule has 4 nitrogen and oxygen atoms in total. The number of carbonyl (C=O) groups excluding carboxylic acids is 1. The van der Waals surface area contributed by atoms with Crippen LogP contribution in [0.1, 0.15) is 30.7 Å². The smallest absolute Gasteiger partial charge is 0.250 e. The highest BCUT2D eigenvalue weighted by Crippen LogP contribution is 2.32. The molecule has 6 heteroatoms. The van der Waals surface area contributed by atoms with Crippen LogP contribution in [0.3, 0.4) is 0 Å². The van der Waals surface area contributed by atoms with Gasteiger partial charge in [0, 0.05) is 21.0 Å². The van der Waals surface area contributed by atoms with Crippen LogP contribution in [0.15, 0.2) is 59.1 Å². The largest absolute Gasteiger partial charge is 0.494 e. The summed E-state index contributed by atoms with van der Waals surface area (Å²) in [7, 11) is 0. The van der Waals surface area contributed by atoms with E-state index in [2.05, 4.69) is 40.1 Å². The topological polar surface area (TPSA) is 51.2 Å². The number of aromatic nitrogens is 1. The summed E-state index contributed by atoms with van der Waals surface area (Å²) in [5.41, 5.74) is 2.91. The van der Waals surface area contributed by atoms with Crippen molar-refractivity contribution in [2.24, 2.45) is 0 Å². The van der Waals surface area contributed by atoms with Gasteiger partial charge in [0.1, 0.15) is 5.75 Å². The molecule has 3 rings (SSSR count). The van der Waals surface area contributed by atoms with Crippen molar-refractivity contribution in [2.75, 3.05) is 11.9 Å². The number of benzene rings is 2. The molecule has 0 aliphatic carbocycles. The molecular weight excluding hydrogens is 448 g/mol. The van der Waals surface area contributed by atoms with Crippen molar-refractivity contribution >= 4 is 44.4 Å². The summed E-state index contributed by atoms with van der Waals surface area (Å²) in [6.45, 7) is 4.87. The molecule has 1 aromatic heterocycles. The SMILES string of the molecule is CCCOc1ccc(/C=C/C(=O)Nc2nc(-c3ccc(Br)cc3)c(CC)s2)cc1. The molecule has 2 aromatic carbocycles. The summed E-state index contributed by atoms with van der Waals surface area (Å²) in [5, 5.41) is 3.48. The molecule has 3 aromatic rings. The molecule has 0 saturated carbocycles. The van der Waals surface area contributed by atoms with Gasteiger partial charge in [0.2, 0.25) is 5.91 Å². The number of halogens is 1. The number of ether oxygens (including phenoxy) is 1. The maximum absolute atomic E-state index is 12.3. The first kappa shape index (κ1) is 21.3. The quantitative estimate of drug-likeness (QED) is 0.378. The van der Waals surface area contributed by atoms with Crippen molar-refractivity contribution < 1.29 is 9.53 Å². The average molecular weight is 471 g/mol. The third-order valence-corrected chi connectivity index (χ3v) is 5.79. The maximum Gasteiger partial charge on any atom is 0.250 e. The van der Waals surface area contributed by atoms with Crippen LogP contribution in [-0.4, -0.2) is 17.5 Å². The Morgan fingerprint density at radius 2 is 1.86 bits per heavy atom. The van der Waals surface area contributed by atoms with Crippen molar-refractivity contribution in [3.8, 4) is 17.0 Å². The lowest BCUT2D eigenvalue weighted by atomic mass is 10.1. The number of rotatable bonds is 8. The molecule has 1 heterocycles. The Balaban J connectivity index is 1.66. The lowest BCUT2D eigenvalue weighted by Crippen LogP contribution is -2.07. The van der Waals surface area contributed by atoms with Gasteiger partial charge in [0.05, 0.1) is 12.3 Å². The summed E-state index contributed by atoms with van der Waals surface area (Å²) in [6.07, 6.45) is 5.14. The molecule has 0 radical (unpaired) electrons. The van der Waals surface area contributed by atoms with E-state index in [0.717, 1.165) is 44.8 Å². The number of anilines is 1. The van der Waals surface area contributed by atoms with Crippen LogP contribution in [0.25, 0.3) is 17.3 Å². The molecule has 1 amide bonds. The minimum atomic E-state index is -0.199. The summed E-state index contributed by atoms with van der Waals surface area (Å²) >= 11 is 4.97. The van der Waals surface area contributed by atoms with Crippen LogP contribution in [-0.2, 0) is 11.2 Å². The normalized spacial score (nSPS) is 11.0. The second-order valence-electron chi connectivity index (χ2n) is 6.39. The van der Waals surface area contributed by atoms with E-state index >= 15 is 0 Å². The Morgan fingerprint density at radius 3 is 2.52 bits per heavy atom. The zero-order chi connectivity index (χ0) is 20.6. The molecule has 29 heavy (non-hydrogen) atoms. The number of hydrogen-bond donors (Lipinski definition) is 1. The fraction of sp³-hybridized carbons (Fsp3) is 0.217. The summed E-state index contributed by atoms with van der Waals surface area (Å²) in [4.78, 5) is 18.1. The number of hydrogen-bond acceptors (Lipinski definition) is 4. The molecule has 0 aliphatic rings. The number of carbonyl (C=O) groups is 1. The van der Waals surface area contributed by atoms with Crippen LogP contribution >= 0.6 is 27.3 Å². The molecule has 0 fully saturated rings. The lowest BCUT2D eigenvalue weighted by molar-refractivity contribution is -0.111. The van der Waals surface area contributed by atoms with Gasteiger partial charge in [0.15, 0.2) is 5.13 Å². The number of thiazole rings is 1. The zero-order valence-corrected chi connectivity index (χ0v) is 18.8. The van der Waals surface area contributed by atoms with E-state index in [1.807, 2.05) is 48.5 Å². The maximum atomic E-state index is 12.3. The minimum absolute atomic E-state index is 0.199. The van der Waals surface area contributed by atoms with Crippen molar-refractivity contribution in [1.82, 2.24) is 4.98 Å². The Labute approximate surface area is 183 Å². The molecular formula is C23H23BrN2O2S. The van der Waals surface area contributed by atoms with E-state index in [0.29, 0.717) is 11.7 Å². The highest BCUT2D eigenvalue weighted by atomic mass is 79.9. The number of amides is 1. The first-order valence-electron chi connectivity index (χ1n) is 9.56. The van der Waals surface area contributed by atoms with Crippen molar-refractivity contribution in [3.05, 3.63) is 69.5 Å². The van der Waals surface area contributed by atoms with Crippen LogP contribution in [0.5, 0.6) is 5.75 Å². The molecule has 0 saturated heterocycles. The third-order valence-electron chi connectivity index (χ3n) is 4.15. The first-order chi connectivity index (χ1) is 14.1. The second kappa shape index (κ2) is 10.4. The third kappa shape index (κ3) is 6.02. The fourth-order valence-electron chi connectivity index (χ4n) is 2.69. The average Bonchev–Trinajstić information content (AvgIpc) is 3.14. The van der Waals surface area contributed by atoms with Gasteiger partial charge >= 0.3 is 0 Å². The molecule has 0 bridgehead atoms. The Hall–Kier alpha value is -2.44. The van der Waals surface area contributed by atoms with Gasteiger partial charge in [-0.2, -0.15) is 0 Å². The summed E-state index contributed by atoms with van der Waals surface area (Å²) in [5.74, 6) is 0.638. The Morgan fingerprint density at radius 1 is 1.14 bits per heavy atom. The highest BCUT2D eigenvalue weighted by Gasteiger charge is 2.13. The van der Waals surface area contributed by atoms with Crippen molar-refractivity contribution in [3.63, 3.8) is 0 Å². The lowest BCUT2D eigenvalue weighted by Gasteiger charge is -2.04. The van der Waals surface area contributed by atoms with E-state index in [-0.39, 0.29) is 5.91 Å². The number of nitrogens with zero attached hydrogens (tertiary/aromatic N) is 1. The van der Waals surface area contributed by atoms with Gasteiger partial charge in [-0.3, -0.25) is 10.1 Å². The predicted molar refractivity (Wildman–Crippen MR) is 125 cm³/mol. The van der Waals surface area contributed by atoms with Crippen LogP contribution in [0.2, 0.25) is 0 Å². The number of aryl methyl sites for hydroxylation is 1. The molecule has 150 valence electrons. The van der Waals surface area contributed by atoms with Gasteiger partial charge in [0.25, 0.3) is 0 Å². The molecule has 0 atom stereocenters. The molecule has 0 unspecified atom stereocenters. The molecule has 0 spiro atoms. The van der Waals surface area contributed by atoms with E-state index in [1.54, 1.807) is 6.08 Å². The Bertz CT molecular complexity index is 979. The van der Waals surface area contributed by atoms with E-state index in [1.165, 1.54) is 17.4 Å². The van der Waals surface area contributed by atoms with Gasteiger partial charge in [-0.05, 0) is 48.7 Å². The zero-order valence-electron chi connectivity index (χ0n) is 16.4. The van der Waals surface area contributed by atoms with Crippen LogP contribution in [0, 0.1) is 0 Å².